The summed E-state index contributed by atoms with van der Waals surface area (Å²) >= 11 is 0. The molecule has 0 atom stereocenters. The van der Waals surface area contributed by atoms with E-state index < -0.39 is 0 Å². The number of carbonyl (C=O) groups excluding carboxylic acids is 2. The van der Waals surface area contributed by atoms with Crippen molar-refractivity contribution < 1.29 is 9.59 Å². The highest BCUT2D eigenvalue weighted by molar-refractivity contribution is 6.06. The molecule has 3 nitrogen and oxygen atoms in total. The minimum Gasteiger partial charge on any atom is -0.319 e. The van der Waals surface area contributed by atoms with Gasteiger partial charge in [0.05, 0.1) is 6.42 Å². The van der Waals surface area contributed by atoms with E-state index in [1.807, 2.05) is 0 Å². The molecule has 1 rings (SSSR count). The van der Waals surface area contributed by atoms with Gasteiger partial charge in [-0.15, -0.1) is 0 Å². The molecule has 0 saturated carbocycles. The number of unbranched alkanes of at least 4 members (excludes halogenated alkanes) is 1. The van der Waals surface area contributed by atoms with E-state index in [2.05, 4.69) is 13.8 Å². The molecule has 0 aromatic carbocycles. The molecule has 1 aliphatic heterocycles. The van der Waals surface area contributed by atoms with Crippen molar-refractivity contribution in [1.29, 1.82) is 0 Å². The predicted octanol–water partition coefficient (Wildman–Crippen LogP) is 2.13. The average Bonchev–Trinajstić information content (AvgIpc) is 2.14. The van der Waals surface area contributed by atoms with Crippen molar-refractivity contribution in [1.82, 2.24) is 4.90 Å². The minimum absolute atomic E-state index is 0.0423. The van der Waals surface area contributed by atoms with Crippen molar-refractivity contribution in [2.24, 2.45) is 5.92 Å². The Morgan fingerprint density at radius 3 is 2.67 bits per heavy atom. The van der Waals surface area contributed by atoms with Gasteiger partial charge in [-0.1, -0.05) is 26.7 Å². The molecule has 0 fully saturated rings. The number of hydrogen-bond donors (Lipinski definition) is 0. The average molecular weight is 209 g/mol. The first-order valence-corrected chi connectivity index (χ1v) is 5.60. The van der Waals surface area contributed by atoms with Crippen LogP contribution in [0.4, 0.5) is 0 Å². The van der Waals surface area contributed by atoms with Crippen molar-refractivity contribution in [3.63, 3.8) is 0 Å². The molecule has 0 aromatic heterocycles. The van der Waals surface area contributed by atoms with Crippen LogP contribution >= 0.6 is 0 Å². The van der Waals surface area contributed by atoms with Gasteiger partial charge in [0.15, 0.2) is 5.78 Å². The molecule has 0 aromatic rings. The minimum atomic E-state index is -0.0848. The zero-order chi connectivity index (χ0) is 11.3. The van der Waals surface area contributed by atoms with E-state index in [4.69, 9.17) is 0 Å². The first kappa shape index (κ1) is 12.0. The third kappa shape index (κ3) is 4.28. The monoisotopic (exact) mass is 209 g/mol. The summed E-state index contributed by atoms with van der Waals surface area (Å²) in [7, 11) is 0. The van der Waals surface area contributed by atoms with Gasteiger partial charge in [-0.05, 0) is 18.4 Å². The number of nitrogens with zero attached hydrogens (tertiary/aromatic N) is 1. The van der Waals surface area contributed by atoms with E-state index in [0.29, 0.717) is 0 Å². The van der Waals surface area contributed by atoms with E-state index in [0.717, 1.165) is 25.3 Å². The van der Waals surface area contributed by atoms with Gasteiger partial charge in [-0.3, -0.25) is 9.59 Å². The Morgan fingerprint density at radius 1 is 1.33 bits per heavy atom. The Hall–Kier alpha value is -1.12. The predicted molar refractivity (Wildman–Crippen MR) is 59.2 cm³/mol. The molecule has 0 saturated heterocycles. The Bertz CT molecular complexity index is 269. The van der Waals surface area contributed by atoms with Crippen molar-refractivity contribution >= 4 is 11.7 Å². The smallest absolute Gasteiger partial charge is 0.234 e. The van der Waals surface area contributed by atoms with E-state index in [1.165, 1.54) is 12.5 Å². The number of carbonyl (C=O) groups is 2. The summed E-state index contributed by atoms with van der Waals surface area (Å²) in [4.78, 5) is 23.9. The summed E-state index contributed by atoms with van der Waals surface area (Å²) in [6, 6.07) is 0. The van der Waals surface area contributed by atoms with Crippen LogP contribution in [0.2, 0.25) is 0 Å². The fourth-order valence-electron chi connectivity index (χ4n) is 1.60. The molecular weight excluding hydrogens is 190 g/mol. The Labute approximate surface area is 91.1 Å². The summed E-state index contributed by atoms with van der Waals surface area (Å²) in [6.07, 6.45) is 6.50. The lowest BCUT2D eigenvalue weighted by Gasteiger charge is -2.20. The van der Waals surface area contributed by atoms with Crippen LogP contribution in [0, 0.1) is 5.92 Å². The number of amides is 1. The van der Waals surface area contributed by atoms with Gasteiger partial charge in [0, 0.05) is 12.7 Å². The lowest BCUT2D eigenvalue weighted by Crippen LogP contribution is -2.31. The van der Waals surface area contributed by atoms with Crippen LogP contribution < -0.4 is 0 Å². The first-order chi connectivity index (χ1) is 7.09. The van der Waals surface area contributed by atoms with Gasteiger partial charge in [-0.25, -0.2) is 0 Å². The molecule has 1 amide bonds. The highest BCUT2D eigenvalue weighted by atomic mass is 16.2. The van der Waals surface area contributed by atoms with Gasteiger partial charge in [0.2, 0.25) is 5.91 Å². The third-order valence-electron chi connectivity index (χ3n) is 2.52. The second-order valence-electron chi connectivity index (χ2n) is 4.44. The Balaban J connectivity index is 2.24. The van der Waals surface area contributed by atoms with Crippen molar-refractivity contribution in [2.75, 3.05) is 6.54 Å². The molecule has 0 spiro atoms. The number of rotatable bonds is 5. The van der Waals surface area contributed by atoms with E-state index in [-0.39, 0.29) is 18.1 Å². The Morgan fingerprint density at radius 2 is 2.07 bits per heavy atom. The molecule has 0 N–H and O–H groups in total. The molecule has 0 bridgehead atoms. The Kier molecular flexibility index (Phi) is 4.53. The molecule has 0 aliphatic carbocycles. The largest absolute Gasteiger partial charge is 0.319 e. The summed E-state index contributed by atoms with van der Waals surface area (Å²) in [5.41, 5.74) is 0. The van der Waals surface area contributed by atoms with Crippen molar-refractivity contribution in [3.8, 4) is 0 Å². The molecule has 1 aliphatic rings. The van der Waals surface area contributed by atoms with E-state index >= 15 is 0 Å². The molecule has 1 heterocycles. The molecule has 15 heavy (non-hydrogen) atoms. The van der Waals surface area contributed by atoms with Crippen molar-refractivity contribution in [3.05, 3.63) is 12.3 Å². The lowest BCUT2D eigenvalue weighted by molar-refractivity contribution is -0.133. The normalized spacial score (nSPS) is 16.6. The number of allylic oxidation sites excluding steroid dienone is 1. The van der Waals surface area contributed by atoms with Crippen LogP contribution in [-0.2, 0) is 9.59 Å². The van der Waals surface area contributed by atoms with Gasteiger partial charge < -0.3 is 4.90 Å². The topological polar surface area (TPSA) is 37.4 Å². The highest BCUT2D eigenvalue weighted by Gasteiger charge is 2.18. The zero-order valence-corrected chi connectivity index (χ0v) is 9.53. The van der Waals surface area contributed by atoms with Crippen LogP contribution in [0.15, 0.2) is 12.3 Å². The SMILES string of the molecule is CC(C)CCCCN1C=CC(=O)CC1=O. The second kappa shape index (κ2) is 5.69. The fourth-order valence-corrected chi connectivity index (χ4v) is 1.60. The van der Waals surface area contributed by atoms with Crippen LogP contribution in [0.1, 0.15) is 39.5 Å². The maximum atomic E-state index is 11.4. The summed E-state index contributed by atoms with van der Waals surface area (Å²) in [5, 5.41) is 0. The molecular formula is C12H19NO2. The highest BCUT2D eigenvalue weighted by Crippen LogP contribution is 2.10. The van der Waals surface area contributed by atoms with Gasteiger partial charge in [-0.2, -0.15) is 0 Å². The zero-order valence-electron chi connectivity index (χ0n) is 9.53. The van der Waals surface area contributed by atoms with Crippen LogP contribution in [0.5, 0.6) is 0 Å². The van der Waals surface area contributed by atoms with Crippen LogP contribution in [0.3, 0.4) is 0 Å². The standard InChI is InChI=1S/C12H19NO2/c1-10(2)5-3-4-7-13-8-6-11(14)9-12(13)15/h6,8,10H,3-5,7,9H2,1-2H3. The molecule has 0 unspecified atom stereocenters. The summed E-state index contributed by atoms with van der Waals surface area (Å²) in [6.45, 7) is 5.14. The van der Waals surface area contributed by atoms with Crippen LogP contribution in [0.25, 0.3) is 0 Å². The van der Waals surface area contributed by atoms with E-state index in [9.17, 15) is 9.59 Å². The number of ketones is 1. The maximum absolute atomic E-state index is 11.4. The number of hydrogen-bond acceptors (Lipinski definition) is 2. The third-order valence-corrected chi connectivity index (χ3v) is 2.52. The molecule has 3 heteroatoms. The second-order valence-corrected chi connectivity index (χ2v) is 4.44. The fraction of sp³-hybridized carbons (Fsp3) is 0.667. The first-order valence-electron chi connectivity index (χ1n) is 5.60. The van der Waals surface area contributed by atoms with Crippen LogP contribution in [-0.4, -0.2) is 23.1 Å². The van der Waals surface area contributed by atoms with Crippen molar-refractivity contribution in [2.45, 2.75) is 39.5 Å². The van der Waals surface area contributed by atoms with E-state index in [1.54, 1.807) is 11.1 Å². The summed E-state index contributed by atoms with van der Waals surface area (Å²) in [5.74, 6) is 0.574. The maximum Gasteiger partial charge on any atom is 0.234 e. The summed E-state index contributed by atoms with van der Waals surface area (Å²) < 4.78 is 0. The van der Waals surface area contributed by atoms with Gasteiger partial charge in [0.1, 0.15) is 0 Å². The molecule has 0 radical (unpaired) electrons. The van der Waals surface area contributed by atoms with Gasteiger partial charge >= 0.3 is 0 Å². The quantitative estimate of drug-likeness (QED) is 0.514. The lowest BCUT2D eigenvalue weighted by atomic mass is 10.1. The molecule has 84 valence electrons. The van der Waals surface area contributed by atoms with Gasteiger partial charge in [0.25, 0.3) is 0 Å².